The number of nitrogens with one attached hydrogen (secondary N) is 1. The lowest BCUT2D eigenvalue weighted by Crippen LogP contribution is -2.39. The zero-order chi connectivity index (χ0) is 14.0. The van der Waals surface area contributed by atoms with Gasteiger partial charge in [-0.05, 0) is 43.2 Å². The molecular formula is C13H19NO4S. The summed E-state index contributed by atoms with van der Waals surface area (Å²) in [5, 5.41) is -0.194. The molecule has 0 saturated heterocycles. The Hall–Kier alpha value is -1.14. The van der Waals surface area contributed by atoms with Crippen LogP contribution in [-0.4, -0.2) is 20.7 Å². The van der Waals surface area contributed by atoms with Gasteiger partial charge in [-0.1, -0.05) is 13.8 Å². The first kappa shape index (κ1) is 14.3. The van der Waals surface area contributed by atoms with Crippen molar-refractivity contribution in [3.63, 3.8) is 0 Å². The number of furan rings is 1. The molecule has 1 aliphatic rings. The normalized spacial score (nSPS) is 28.2. The van der Waals surface area contributed by atoms with Crippen LogP contribution in [0.25, 0.3) is 0 Å². The van der Waals surface area contributed by atoms with Crippen molar-refractivity contribution in [3.05, 3.63) is 17.9 Å². The first-order chi connectivity index (χ1) is 8.90. The van der Waals surface area contributed by atoms with Gasteiger partial charge in [0.05, 0.1) is 0 Å². The van der Waals surface area contributed by atoms with Crippen LogP contribution in [0.1, 0.15) is 43.7 Å². The topological polar surface area (TPSA) is 76.4 Å². The molecule has 0 spiro atoms. The molecule has 1 saturated carbocycles. The van der Waals surface area contributed by atoms with Gasteiger partial charge in [-0.3, -0.25) is 4.79 Å². The van der Waals surface area contributed by atoms with Crippen LogP contribution < -0.4 is 4.72 Å². The molecule has 2 rings (SSSR count). The van der Waals surface area contributed by atoms with E-state index in [1.54, 1.807) is 0 Å². The van der Waals surface area contributed by atoms with Gasteiger partial charge in [0.25, 0.3) is 10.0 Å². The van der Waals surface area contributed by atoms with Crippen LogP contribution in [0.15, 0.2) is 21.6 Å². The molecule has 0 bridgehead atoms. The third-order valence-electron chi connectivity index (χ3n) is 3.48. The third-order valence-corrected chi connectivity index (χ3v) is 4.88. The van der Waals surface area contributed by atoms with Crippen molar-refractivity contribution >= 4 is 16.3 Å². The van der Waals surface area contributed by atoms with Gasteiger partial charge in [-0.25, -0.2) is 13.1 Å². The predicted octanol–water partition coefficient (Wildman–Crippen LogP) is 2.20. The average Bonchev–Trinajstić information content (AvgIpc) is 2.75. The average molecular weight is 285 g/mol. The molecule has 1 fully saturated rings. The minimum atomic E-state index is -3.67. The summed E-state index contributed by atoms with van der Waals surface area (Å²) in [5.41, 5.74) is 0. The van der Waals surface area contributed by atoms with Crippen molar-refractivity contribution in [2.24, 2.45) is 11.8 Å². The number of rotatable bonds is 4. The summed E-state index contributed by atoms with van der Waals surface area (Å²) in [6.45, 7) is 4.27. The summed E-state index contributed by atoms with van der Waals surface area (Å²) in [6, 6.07) is 2.60. The number of aldehydes is 1. The highest BCUT2D eigenvalue weighted by atomic mass is 32.2. The Bertz CT molecular complexity index is 539. The minimum Gasteiger partial charge on any atom is -0.440 e. The molecule has 0 aromatic carbocycles. The molecule has 1 aromatic heterocycles. The molecule has 19 heavy (non-hydrogen) atoms. The maximum absolute atomic E-state index is 12.1. The summed E-state index contributed by atoms with van der Waals surface area (Å²) in [4.78, 5) is 10.5. The van der Waals surface area contributed by atoms with Gasteiger partial charge in [0, 0.05) is 6.04 Å². The van der Waals surface area contributed by atoms with Gasteiger partial charge in [-0.15, -0.1) is 0 Å². The maximum Gasteiger partial charge on any atom is 0.274 e. The SMILES string of the molecule is CC1CC(C)CC(NS(=O)(=O)c2ccc(C=O)o2)C1. The molecule has 0 amide bonds. The standard InChI is InChI=1S/C13H19NO4S/c1-9-5-10(2)7-11(6-9)14-19(16,17)13-4-3-12(8-15)18-13/h3-4,8-11,14H,5-7H2,1-2H3. The second-order valence-corrected chi connectivity index (χ2v) is 7.16. The molecule has 5 nitrogen and oxygen atoms in total. The lowest BCUT2D eigenvalue weighted by molar-refractivity contribution is 0.109. The van der Waals surface area contributed by atoms with Crippen LogP contribution in [0.4, 0.5) is 0 Å². The van der Waals surface area contributed by atoms with Crippen molar-refractivity contribution in [1.82, 2.24) is 4.72 Å². The smallest absolute Gasteiger partial charge is 0.274 e. The van der Waals surface area contributed by atoms with Crippen LogP contribution in [0, 0.1) is 11.8 Å². The van der Waals surface area contributed by atoms with Crippen molar-refractivity contribution in [3.8, 4) is 0 Å². The molecule has 1 aliphatic carbocycles. The summed E-state index contributed by atoms with van der Waals surface area (Å²) in [7, 11) is -3.67. The fourth-order valence-electron chi connectivity index (χ4n) is 2.86. The van der Waals surface area contributed by atoms with Gasteiger partial charge < -0.3 is 4.42 Å². The number of sulfonamides is 1. The van der Waals surface area contributed by atoms with E-state index in [1.165, 1.54) is 12.1 Å². The second kappa shape index (κ2) is 5.46. The molecular weight excluding hydrogens is 266 g/mol. The Morgan fingerprint density at radius 1 is 1.21 bits per heavy atom. The van der Waals surface area contributed by atoms with Crippen molar-refractivity contribution in [2.75, 3.05) is 0 Å². The highest BCUT2D eigenvalue weighted by Gasteiger charge is 2.29. The van der Waals surface area contributed by atoms with Gasteiger partial charge in [0.15, 0.2) is 12.0 Å². The summed E-state index contributed by atoms with van der Waals surface area (Å²) >= 11 is 0. The number of hydrogen-bond acceptors (Lipinski definition) is 4. The molecule has 1 aromatic rings. The Morgan fingerprint density at radius 2 is 1.84 bits per heavy atom. The van der Waals surface area contributed by atoms with Crippen molar-refractivity contribution in [1.29, 1.82) is 0 Å². The van der Waals surface area contributed by atoms with E-state index >= 15 is 0 Å². The van der Waals surface area contributed by atoms with Gasteiger partial charge in [-0.2, -0.15) is 0 Å². The van der Waals surface area contributed by atoms with E-state index in [4.69, 9.17) is 4.42 Å². The zero-order valence-corrected chi connectivity index (χ0v) is 11.9. The number of carbonyl (C=O) groups is 1. The summed E-state index contributed by atoms with van der Waals surface area (Å²) in [6.07, 6.45) is 3.30. The fraction of sp³-hybridized carbons (Fsp3) is 0.615. The van der Waals surface area contributed by atoms with E-state index in [0.29, 0.717) is 18.1 Å². The van der Waals surface area contributed by atoms with Gasteiger partial charge in [0.1, 0.15) is 0 Å². The van der Waals surface area contributed by atoms with Crippen LogP contribution in [0.3, 0.4) is 0 Å². The van der Waals surface area contributed by atoms with Gasteiger partial charge in [0.2, 0.25) is 5.09 Å². The molecule has 2 atom stereocenters. The first-order valence-corrected chi connectivity index (χ1v) is 7.96. The van der Waals surface area contributed by atoms with Crippen molar-refractivity contribution < 1.29 is 17.6 Å². The Labute approximate surface area is 113 Å². The monoisotopic (exact) mass is 285 g/mol. The summed E-state index contributed by atoms with van der Waals surface area (Å²) < 4.78 is 31.9. The van der Waals surface area contributed by atoms with E-state index in [-0.39, 0.29) is 16.9 Å². The van der Waals surface area contributed by atoms with Crippen LogP contribution in [-0.2, 0) is 10.0 Å². The Balaban J connectivity index is 2.10. The second-order valence-electron chi connectivity index (χ2n) is 5.51. The molecule has 0 radical (unpaired) electrons. The lowest BCUT2D eigenvalue weighted by atomic mass is 9.81. The fourth-order valence-corrected chi connectivity index (χ4v) is 4.06. The van der Waals surface area contributed by atoms with Crippen LogP contribution in [0.5, 0.6) is 0 Å². The molecule has 0 aliphatic heterocycles. The predicted molar refractivity (Wildman–Crippen MR) is 70.4 cm³/mol. The summed E-state index contributed by atoms with van der Waals surface area (Å²) in [5.74, 6) is 1.04. The Morgan fingerprint density at radius 3 is 2.37 bits per heavy atom. The van der Waals surface area contributed by atoms with Crippen LogP contribution in [0.2, 0.25) is 0 Å². The molecule has 1 heterocycles. The molecule has 2 unspecified atom stereocenters. The zero-order valence-electron chi connectivity index (χ0n) is 11.1. The highest BCUT2D eigenvalue weighted by Crippen LogP contribution is 2.29. The molecule has 106 valence electrons. The molecule has 6 heteroatoms. The van der Waals surface area contributed by atoms with Crippen LogP contribution >= 0.6 is 0 Å². The van der Waals surface area contributed by atoms with E-state index in [2.05, 4.69) is 18.6 Å². The van der Waals surface area contributed by atoms with E-state index in [0.717, 1.165) is 19.3 Å². The van der Waals surface area contributed by atoms with Gasteiger partial charge >= 0.3 is 0 Å². The van der Waals surface area contributed by atoms with E-state index in [1.807, 2.05) is 0 Å². The highest BCUT2D eigenvalue weighted by molar-refractivity contribution is 7.89. The third kappa shape index (κ3) is 3.45. The van der Waals surface area contributed by atoms with E-state index in [9.17, 15) is 13.2 Å². The lowest BCUT2D eigenvalue weighted by Gasteiger charge is -2.31. The van der Waals surface area contributed by atoms with E-state index < -0.39 is 10.0 Å². The molecule has 1 N–H and O–H groups in total. The Kier molecular flexibility index (Phi) is 4.10. The minimum absolute atomic E-state index is 0.0192. The number of carbonyl (C=O) groups excluding carboxylic acids is 1. The number of hydrogen-bond donors (Lipinski definition) is 1. The first-order valence-electron chi connectivity index (χ1n) is 6.48. The maximum atomic E-state index is 12.1. The van der Waals surface area contributed by atoms with Crippen molar-refractivity contribution in [2.45, 2.75) is 44.2 Å². The quantitative estimate of drug-likeness (QED) is 0.860. The largest absolute Gasteiger partial charge is 0.440 e.